The summed E-state index contributed by atoms with van der Waals surface area (Å²) >= 11 is 0. The molecule has 0 aromatic rings. The van der Waals surface area contributed by atoms with Crippen LogP contribution in [0.4, 0.5) is 0 Å². The van der Waals surface area contributed by atoms with Crippen LogP contribution in [0.25, 0.3) is 0 Å². The Morgan fingerprint density at radius 2 is 2.00 bits per heavy atom. The molecule has 0 radical (unpaired) electrons. The van der Waals surface area contributed by atoms with Crippen LogP contribution in [0.2, 0.25) is 0 Å². The molecule has 0 spiro atoms. The lowest BCUT2D eigenvalue weighted by Crippen LogP contribution is -2.29. The highest BCUT2D eigenvalue weighted by atomic mass is 16.3. The number of aliphatic hydroxyl groups is 1. The molecule has 0 amide bonds. The predicted octanol–water partition coefficient (Wildman–Crippen LogP) is 3.53. The molecule has 0 rings (SSSR count). The molecule has 0 heterocycles. The van der Waals surface area contributed by atoms with Crippen LogP contribution < -0.4 is 0 Å². The van der Waals surface area contributed by atoms with Crippen molar-refractivity contribution >= 4 is 0 Å². The molecule has 0 unspecified atom stereocenters. The van der Waals surface area contributed by atoms with Crippen LogP contribution in [0.1, 0.15) is 52.9 Å². The van der Waals surface area contributed by atoms with Crippen molar-refractivity contribution in [2.45, 2.75) is 59.0 Å². The second-order valence-electron chi connectivity index (χ2n) is 4.08. The van der Waals surface area contributed by atoms with E-state index in [9.17, 15) is 5.11 Å². The molecule has 1 N–H and O–H groups in total. The number of hydrogen-bond acceptors (Lipinski definition) is 1. The summed E-state index contributed by atoms with van der Waals surface area (Å²) in [5.41, 5.74) is -0.0895. The van der Waals surface area contributed by atoms with Crippen LogP contribution in [-0.2, 0) is 0 Å². The van der Waals surface area contributed by atoms with E-state index in [1.165, 1.54) is 12.8 Å². The maximum atomic E-state index is 9.92. The van der Waals surface area contributed by atoms with Crippen LogP contribution in [0.5, 0.6) is 0 Å². The van der Waals surface area contributed by atoms with Crippen molar-refractivity contribution in [3.05, 3.63) is 12.7 Å². The van der Waals surface area contributed by atoms with E-state index in [0.717, 1.165) is 19.3 Å². The molecule has 0 aliphatic heterocycles. The monoisotopic (exact) mass is 184 g/mol. The van der Waals surface area contributed by atoms with Crippen LogP contribution in [-0.4, -0.2) is 11.2 Å². The molecular formula is C12H24O. The summed E-state index contributed by atoms with van der Waals surface area (Å²) < 4.78 is 0. The van der Waals surface area contributed by atoms with Gasteiger partial charge in [-0.05, 0) is 12.8 Å². The van der Waals surface area contributed by atoms with Gasteiger partial charge in [0, 0.05) is 5.41 Å². The number of rotatable bonds is 7. The zero-order valence-electron chi connectivity index (χ0n) is 9.34. The summed E-state index contributed by atoms with van der Waals surface area (Å²) in [7, 11) is 0. The highest BCUT2D eigenvalue weighted by molar-refractivity contribution is 4.95. The van der Waals surface area contributed by atoms with Gasteiger partial charge in [-0.1, -0.05) is 46.1 Å². The third-order valence-electron chi connectivity index (χ3n) is 3.07. The van der Waals surface area contributed by atoms with Crippen molar-refractivity contribution in [3.63, 3.8) is 0 Å². The first kappa shape index (κ1) is 12.7. The van der Waals surface area contributed by atoms with E-state index in [1.54, 1.807) is 0 Å². The van der Waals surface area contributed by atoms with Crippen molar-refractivity contribution in [3.8, 4) is 0 Å². The second kappa shape index (κ2) is 6.20. The standard InChI is InChI=1S/C12H24O/c1-5-8-9-10-11(13)12(4,6-2)7-3/h6,11,13H,2,5,7-10H2,1,3-4H3/t11-,12-/m0/s1. The quantitative estimate of drug-likeness (QED) is 0.474. The number of unbranched alkanes of at least 4 members (excludes halogenated alkanes) is 2. The minimum atomic E-state index is -0.221. The predicted molar refractivity (Wildman–Crippen MR) is 58.7 cm³/mol. The molecule has 0 fully saturated rings. The van der Waals surface area contributed by atoms with Crippen molar-refractivity contribution in [2.75, 3.05) is 0 Å². The van der Waals surface area contributed by atoms with Crippen LogP contribution >= 0.6 is 0 Å². The Balaban J connectivity index is 3.91. The Morgan fingerprint density at radius 3 is 2.38 bits per heavy atom. The van der Waals surface area contributed by atoms with Crippen molar-refractivity contribution in [1.29, 1.82) is 0 Å². The highest BCUT2D eigenvalue weighted by Gasteiger charge is 2.26. The largest absolute Gasteiger partial charge is 0.392 e. The molecule has 13 heavy (non-hydrogen) atoms. The van der Waals surface area contributed by atoms with Gasteiger partial charge >= 0.3 is 0 Å². The van der Waals surface area contributed by atoms with E-state index >= 15 is 0 Å². The van der Waals surface area contributed by atoms with Gasteiger partial charge in [-0.3, -0.25) is 0 Å². The average Bonchev–Trinajstić information content (AvgIpc) is 2.17. The summed E-state index contributed by atoms with van der Waals surface area (Å²) in [4.78, 5) is 0. The normalized spacial score (nSPS) is 17.8. The van der Waals surface area contributed by atoms with Gasteiger partial charge in [-0.2, -0.15) is 0 Å². The average molecular weight is 184 g/mol. The highest BCUT2D eigenvalue weighted by Crippen LogP contribution is 2.29. The smallest absolute Gasteiger partial charge is 0.0628 e. The molecule has 0 aromatic heterocycles. The molecular weight excluding hydrogens is 160 g/mol. The van der Waals surface area contributed by atoms with E-state index in [4.69, 9.17) is 0 Å². The van der Waals surface area contributed by atoms with Gasteiger partial charge < -0.3 is 5.11 Å². The first-order valence-electron chi connectivity index (χ1n) is 5.42. The Hall–Kier alpha value is -0.300. The molecule has 0 saturated carbocycles. The van der Waals surface area contributed by atoms with Crippen molar-refractivity contribution < 1.29 is 5.11 Å². The zero-order valence-corrected chi connectivity index (χ0v) is 9.34. The fourth-order valence-electron chi connectivity index (χ4n) is 1.43. The van der Waals surface area contributed by atoms with Gasteiger partial charge in [-0.15, -0.1) is 6.58 Å². The molecule has 78 valence electrons. The Kier molecular flexibility index (Phi) is 6.06. The summed E-state index contributed by atoms with van der Waals surface area (Å²) in [5, 5.41) is 9.92. The minimum absolute atomic E-state index is 0.0895. The lowest BCUT2D eigenvalue weighted by molar-refractivity contribution is 0.0579. The first-order valence-corrected chi connectivity index (χ1v) is 5.42. The molecule has 0 aromatic carbocycles. The maximum Gasteiger partial charge on any atom is 0.0628 e. The van der Waals surface area contributed by atoms with Crippen molar-refractivity contribution in [1.82, 2.24) is 0 Å². The molecule has 1 heteroatoms. The Labute approximate surface area is 82.9 Å². The van der Waals surface area contributed by atoms with Crippen LogP contribution in [0, 0.1) is 5.41 Å². The van der Waals surface area contributed by atoms with Gasteiger partial charge in [0.25, 0.3) is 0 Å². The fraction of sp³-hybridized carbons (Fsp3) is 0.833. The zero-order chi connectivity index (χ0) is 10.3. The van der Waals surface area contributed by atoms with Crippen molar-refractivity contribution in [2.24, 2.45) is 5.41 Å². The molecule has 0 aliphatic carbocycles. The minimum Gasteiger partial charge on any atom is -0.392 e. The fourth-order valence-corrected chi connectivity index (χ4v) is 1.43. The van der Waals surface area contributed by atoms with E-state index < -0.39 is 0 Å². The van der Waals surface area contributed by atoms with E-state index in [1.807, 2.05) is 6.08 Å². The number of aliphatic hydroxyl groups excluding tert-OH is 1. The Bertz CT molecular complexity index is 142. The van der Waals surface area contributed by atoms with Gasteiger partial charge in [0.05, 0.1) is 6.10 Å². The van der Waals surface area contributed by atoms with Gasteiger partial charge in [0.1, 0.15) is 0 Å². The van der Waals surface area contributed by atoms with E-state index in [0.29, 0.717) is 0 Å². The van der Waals surface area contributed by atoms with Crippen LogP contribution in [0.15, 0.2) is 12.7 Å². The maximum absolute atomic E-state index is 9.92. The van der Waals surface area contributed by atoms with E-state index in [2.05, 4.69) is 27.4 Å². The summed E-state index contributed by atoms with van der Waals surface area (Å²) in [5.74, 6) is 0. The second-order valence-corrected chi connectivity index (χ2v) is 4.08. The summed E-state index contributed by atoms with van der Waals surface area (Å²) in [6.07, 6.45) is 7.10. The molecule has 0 bridgehead atoms. The molecule has 1 nitrogen and oxygen atoms in total. The van der Waals surface area contributed by atoms with E-state index in [-0.39, 0.29) is 11.5 Å². The third kappa shape index (κ3) is 3.95. The molecule has 2 atom stereocenters. The summed E-state index contributed by atoms with van der Waals surface area (Å²) in [6.45, 7) is 10.2. The molecule has 0 aliphatic rings. The Morgan fingerprint density at radius 1 is 1.38 bits per heavy atom. The first-order chi connectivity index (χ1) is 6.10. The lowest BCUT2D eigenvalue weighted by atomic mass is 9.79. The lowest BCUT2D eigenvalue weighted by Gasteiger charge is -2.30. The summed E-state index contributed by atoms with van der Waals surface area (Å²) in [6, 6.07) is 0. The van der Waals surface area contributed by atoms with Gasteiger partial charge in [-0.25, -0.2) is 0 Å². The van der Waals surface area contributed by atoms with Gasteiger partial charge in [0.2, 0.25) is 0 Å². The van der Waals surface area contributed by atoms with Gasteiger partial charge in [0.15, 0.2) is 0 Å². The van der Waals surface area contributed by atoms with Crippen LogP contribution in [0.3, 0.4) is 0 Å². The SMILES string of the molecule is C=C[C@@](C)(CC)[C@@H](O)CCCCC. The third-order valence-corrected chi connectivity index (χ3v) is 3.07. The topological polar surface area (TPSA) is 20.2 Å². The number of hydrogen-bond donors (Lipinski definition) is 1. The molecule has 0 saturated heterocycles.